The van der Waals surface area contributed by atoms with Gasteiger partial charge in [0.25, 0.3) is 5.91 Å². The van der Waals surface area contributed by atoms with Crippen LogP contribution in [-0.2, 0) is 4.79 Å². The van der Waals surface area contributed by atoms with Gasteiger partial charge in [-0.05, 0) is 31.5 Å². The van der Waals surface area contributed by atoms with Crippen molar-refractivity contribution in [3.8, 4) is 5.75 Å². The molecule has 3 N–H and O–H groups in total. The van der Waals surface area contributed by atoms with Crippen LogP contribution in [0.5, 0.6) is 5.75 Å². The highest BCUT2D eigenvalue weighted by atomic mass is 16.5. The number of carbonyl (C=O) groups excluding carboxylic acids is 1. The van der Waals surface area contributed by atoms with Crippen LogP contribution < -0.4 is 15.8 Å². The number of rotatable bonds is 4. The lowest BCUT2D eigenvalue weighted by Crippen LogP contribution is -2.33. The van der Waals surface area contributed by atoms with E-state index < -0.39 is 6.10 Å². The topological polar surface area (TPSA) is 64.3 Å². The molecule has 0 fully saturated rings. The van der Waals surface area contributed by atoms with E-state index in [0.717, 1.165) is 5.56 Å². The highest BCUT2D eigenvalue weighted by molar-refractivity contribution is 5.80. The van der Waals surface area contributed by atoms with Gasteiger partial charge in [-0.25, -0.2) is 0 Å². The van der Waals surface area contributed by atoms with Crippen LogP contribution in [0.1, 0.15) is 25.5 Å². The highest BCUT2D eigenvalue weighted by Gasteiger charge is 2.12. The molecule has 0 aliphatic rings. The van der Waals surface area contributed by atoms with E-state index >= 15 is 0 Å². The van der Waals surface area contributed by atoms with E-state index in [1.807, 2.05) is 31.2 Å². The van der Waals surface area contributed by atoms with E-state index in [1.165, 1.54) is 0 Å². The number of amides is 1. The van der Waals surface area contributed by atoms with E-state index in [0.29, 0.717) is 5.75 Å². The van der Waals surface area contributed by atoms with Crippen LogP contribution in [0.25, 0.3) is 0 Å². The predicted octanol–water partition coefficient (Wildman–Crippen LogP) is 1.22. The number of hydrogen-bond donors (Lipinski definition) is 2. The number of nitrogens with one attached hydrogen (secondary N) is 1. The van der Waals surface area contributed by atoms with Crippen LogP contribution in [-0.4, -0.2) is 19.1 Å². The largest absolute Gasteiger partial charge is 0.481 e. The Hall–Kier alpha value is -1.55. The fourth-order valence-electron chi connectivity index (χ4n) is 1.33. The van der Waals surface area contributed by atoms with Gasteiger partial charge in [0.05, 0.1) is 0 Å². The average Bonchev–Trinajstić information content (AvgIpc) is 2.28. The van der Waals surface area contributed by atoms with Crippen LogP contribution >= 0.6 is 0 Å². The summed E-state index contributed by atoms with van der Waals surface area (Å²) in [5.41, 5.74) is 6.75. The second-order valence-corrected chi connectivity index (χ2v) is 3.74. The fraction of sp³-hybridized carbons (Fsp3) is 0.417. The Labute approximate surface area is 95.8 Å². The molecule has 4 heteroatoms. The molecule has 16 heavy (non-hydrogen) atoms. The molecule has 1 aromatic carbocycles. The van der Waals surface area contributed by atoms with Crippen LogP contribution in [0.15, 0.2) is 24.3 Å². The zero-order valence-electron chi connectivity index (χ0n) is 9.86. The van der Waals surface area contributed by atoms with Gasteiger partial charge in [-0.1, -0.05) is 12.1 Å². The van der Waals surface area contributed by atoms with Crippen LogP contribution in [0, 0.1) is 0 Å². The van der Waals surface area contributed by atoms with Gasteiger partial charge in [0.1, 0.15) is 5.75 Å². The lowest BCUT2D eigenvalue weighted by Gasteiger charge is -2.14. The summed E-state index contributed by atoms with van der Waals surface area (Å²) in [7, 11) is 1.58. The number of carbonyl (C=O) groups is 1. The fourth-order valence-corrected chi connectivity index (χ4v) is 1.33. The van der Waals surface area contributed by atoms with E-state index in [-0.39, 0.29) is 11.9 Å². The summed E-state index contributed by atoms with van der Waals surface area (Å²) in [6.45, 7) is 3.61. The smallest absolute Gasteiger partial charge is 0.260 e. The molecular weight excluding hydrogens is 204 g/mol. The van der Waals surface area contributed by atoms with Crippen molar-refractivity contribution in [3.63, 3.8) is 0 Å². The predicted molar refractivity (Wildman–Crippen MR) is 63.2 cm³/mol. The molecule has 0 aliphatic carbocycles. The van der Waals surface area contributed by atoms with Crippen molar-refractivity contribution >= 4 is 5.91 Å². The molecule has 2 atom stereocenters. The molecule has 88 valence electrons. The molecule has 0 saturated heterocycles. The zero-order chi connectivity index (χ0) is 12.1. The number of likely N-dealkylation sites (N-methyl/N-ethyl adjacent to an activating group) is 1. The van der Waals surface area contributed by atoms with E-state index in [4.69, 9.17) is 10.5 Å². The second-order valence-electron chi connectivity index (χ2n) is 3.74. The Bertz CT molecular complexity index is 364. The molecule has 0 bridgehead atoms. The number of ether oxygens (including phenoxy) is 1. The molecule has 0 saturated carbocycles. The molecule has 0 aromatic heterocycles. The summed E-state index contributed by atoms with van der Waals surface area (Å²) in [6, 6.07) is 7.42. The Morgan fingerprint density at radius 2 is 2.12 bits per heavy atom. The van der Waals surface area contributed by atoms with Crippen LogP contribution in [0.4, 0.5) is 0 Å². The van der Waals surface area contributed by atoms with Gasteiger partial charge in [0.15, 0.2) is 6.10 Å². The number of benzene rings is 1. The van der Waals surface area contributed by atoms with Crippen LogP contribution in [0.2, 0.25) is 0 Å². The molecule has 0 spiro atoms. The standard InChI is InChI=1S/C12H18N2O2/c1-8(13)10-5-4-6-11(7-10)16-9(2)12(15)14-3/h4-9H,13H2,1-3H3,(H,14,15)/t8-,9?/m1/s1. The summed E-state index contributed by atoms with van der Waals surface area (Å²) >= 11 is 0. The molecular formula is C12H18N2O2. The minimum absolute atomic E-state index is 0.0427. The summed E-state index contributed by atoms with van der Waals surface area (Å²) in [5.74, 6) is 0.511. The van der Waals surface area contributed by atoms with Gasteiger partial charge in [-0.15, -0.1) is 0 Å². The minimum Gasteiger partial charge on any atom is -0.481 e. The SMILES string of the molecule is CNC(=O)C(C)Oc1cccc([C@@H](C)N)c1. The van der Waals surface area contributed by atoms with Gasteiger partial charge in [-0.3, -0.25) is 4.79 Å². The maximum atomic E-state index is 11.3. The van der Waals surface area contributed by atoms with Crippen molar-refractivity contribution in [2.75, 3.05) is 7.05 Å². The number of nitrogens with two attached hydrogens (primary N) is 1. The lowest BCUT2D eigenvalue weighted by molar-refractivity contribution is -0.126. The molecule has 1 amide bonds. The second kappa shape index (κ2) is 5.51. The summed E-state index contributed by atoms with van der Waals surface area (Å²) < 4.78 is 5.49. The van der Waals surface area contributed by atoms with Crippen molar-refractivity contribution in [2.45, 2.75) is 26.0 Å². The Balaban J connectivity index is 2.74. The lowest BCUT2D eigenvalue weighted by atomic mass is 10.1. The van der Waals surface area contributed by atoms with Gasteiger partial charge in [0.2, 0.25) is 0 Å². The van der Waals surface area contributed by atoms with Crippen molar-refractivity contribution < 1.29 is 9.53 Å². The van der Waals surface area contributed by atoms with Crippen molar-refractivity contribution in [1.82, 2.24) is 5.32 Å². The van der Waals surface area contributed by atoms with Crippen LogP contribution in [0.3, 0.4) is 0 Å². The quantitative estimate of drug-likeness (QED) is 0.805. The van der Waals surface area contributed by atoms with E-state index in [9.17, 15) is 4.79 Å². The monoisotopic (exact) mass is 222 g/mol. The molecule has 1 rings (SSSR count). The van der Waals surface area contributed by atoms with Gasteiger partial charge in [0, 0.05) is 13.1 Å². The third kappa shape index (κ3) is 3.24. The van der Waals surface area contributed by atoms with Crippen molar-refractivity contribution in [2.24, 2.45) is 5.73 Å². The third-order valence-corrected chi connectivity index (χ3v) is 2.31. The van der Waals surface area contributed by atoms with E-state index in [1.54, 1.807) is 14.0 Å². The molecule has 4 nitrogen and oxygen atoms in total. The normalized spacial score (nSPS) is 14.0. The summed E-state index contributed by atoms with van der Waals surface area (Å²) in [4.78, 5) is 11.3. The van der Waals surface area contributed by atoms with Crippen molar-refractivity contribution in [1.29, 1.82) is 0 Å². The van der Waals surface area contributed by atoms with Gasteiger partial charge < -0.3 is 15.8 Å². The molecule has 0 heterocycles. The first kappa shape index (κ1) is 12.5. The zero-order valence-corrected chi connectivity index (χ0v) is 9.86. The van der Waals surface area contributed by atoms with Gasteiger partial charge >= 0.3 is 0 Å². The molecule has 1 unspecified atom stereocenters. The number of hydrogen-bond acceptors (Lipinski definition) is 3. The Kier molecular flexibility index (Phi) is 4.31. The summed E-state index contributed by atoms with van der Waals surface area (Å²) in [5, 5.41) is 2.53. The molecule has 0 radical (unpaired) electrons. The average molecular weight is 222 g/mol. The van der Waals surface area contributed by atoms with E-state index in [2.05, 4.69) is 5.32 Å². The first-order valence-electron chi connectivity index (χ1n) is 5.28. The van der Waals surface area contributed by atoms with Gasteiger partial charge in [-0.2, -0.15) is 0 Å². The Morgan fingerprint density at radius 3 is 2.69 bits per heavy atom. The first-order chi connectivity index (χ1) is 7.54. The summed E-state index contributed by atoms with van der Waals surface area (Å²) in [6.07, 6.45) is -0.506. The molecule has 0 aliphatic heterocycles. The Morgan fingerprint density at radius 1 is 1.44 bits per heavy atom. The highest BCUT2D eigenvalue weighted by Crippen LogP contribution is 2.18. The molecule has 1 aromatic rings. The third-order valence-electron chi connectivity index (χ3n) is 2.31. The van der Waals surface area contributed by atoms with Crippen molar-refractivity contribution in [3.05, 3.63) is 29.8 Å². The maximum absolute atomic E-state index is 11.3. The minimum atomic E-state index is -0.506. The maximum Gasteiger partial charge on any atom is 0.260 e. The first-order valence-corrected chi connectivity index (χ1v) is 5.28.